The molecular weight excluding hydrogens is 204 g/mol. The van der Waals surface area contributed by atoms with E-state index in [1.54, 1.807) is 24.3 Å². The van der Waals surface area contributed by atoms with E-state index in [0.717, 1.165) is 12.8 Å². The Morgan fingerprint density at radius 3 is 2.62 bits per heavy atom. The summed E-state index contributed by atoms with van der Waals surface area (Å²) in [6.45, 7) is 3.75. The zero-order valence-corrected chi connectivity index (χ0v) is 8.86. The summed E-state index contributed by atoms with van der Waals surface area (Å²) in [7, 11) is 0. The summed E-state index contributed by atoms with van der Waals surface area (Å²) in [6, 6.07) is 6.83. The van der Waals surface area contributed by atoms with Gasteiger partial charge in [0.2, 0.25) is 5.91 Å². The molecule has 0 atom stereocenters. The van der Waals surface area contributed by atoms with Gasteiger partial charge in [-0.05, 0) is 25.0 Å². The van der Waals surface area contributed by atoms with E-state index < -0.39 is 0 Å². The first-order valence-electron chi connectivity index (χ1n) is 5.21. The number of carbonyl (C=O) groups excluding carboxylic acids is 1. The first kappa shape index (κ1) is 10.5. The third-order valence-electron chi connectivity index (χ3n) is 2.51. The van der Waals surface area contributed by atoms with Gasteiger partial charge in [0, 0.05) is 11.5 Å². The first-order chi connectivity index (χ1) is 7.68. The lowest BCUT2D eigenvalue weighted by Crippen LogP contribution is -2.36. The highest BCUT2D eigenvalue weighted by Gasteiger charge is 2.29. The van der Waals surface area contributed by atoms with Crippen LogP contribution in [0, 0.1) is 5.92 Å². The molecule has 4 heteroatoms. The predicted molar refractivity (Wildman–Crippen MR) is 61.1 cm³/mol. The second-order valence-electron chi connectivity index (χ2n) is 3.88. The van der Waals surface area contributed by atoms with E-state index in [1.165, 1.54) is 0 Å². The van der Waals surface area contributed by atoms with Gasteiger partial charge in [0.15, 0.2) is 0 Å². The molecule has 0 aliphatic heterocycles. The molecule has 0 radical (unpaired) electrons. The molecule has 84 valence electrons. The van der Waals surface area contributed by atoms with Crippen molar-refractivity contribution < 1.29 is 9.90 Å². The third-order valence-corrected chi connectivity index (χ3v) is 2.51. The third kappa shape index (κ3) is 2.34. The minimum Gasteiger partial charge on any atom is -0.507 e. The molecule has 1 fully saturated rings. The number of hydrogen-bond donors (Lipinski definition) is 3. The van der Waals surface area contributed by atoms with Crippen LogP contribution in [0.3, 0.4) is 0 Å². The molecule has 1 amide bonds. The zero-order chi connectivity index (χ0) is 11.5. The maximum Gasteiger partial charge on any atom is 0.241 e. The monoisotopic (exact) mass is 218 g/mol. The van der Waals surface area contributed by atoms with Crippen LogP contribution in [0.15, 0.2) is 30.8 Å². The average Bonchev–Trinajstić information content (AvgIpc) is 3.10. The van der Waals surface area contributed by atoms with Crippen molar-refractivity contribution in [2.45, 2.75) is 12.8 Å². The van der Waals surface area contributed by atoms with E-state index in [-0.39, 0.29) is 17.6 Å². The first-order valence-corrected chi connectivity index (χ1v) is 5.21. The van der Waals surface area contributed by atoms with E-state index in [0.29, 0.717) is 11.3 Å². The second-order valence-corrected chi connectivity index (χ2v) is 3.88. The molecule has 1 saturated carbocycles. The molecule has 0 aromatic heterocycles. The van der Waals surface area contributed by atoms with Crippen LogP contribution in [-0.2, 0) is 4.79 Å². The number of phenols is 1. The fourth-order valence-electron chi connectivity index (χ4n) is 1.38. The number of hydrazine groups is 1. The topological polar surface area (TPSA) is 61.4 Å². The normalized spacial score (nSPS) is 14.2. The number of phenolic OH excluding ortho intramolecular Hbond substituents is 1. The summed E-state index contributed by atoms with van der Waals surface area (Å²) >= 11 is 0. The van der Waals surface area contributed by atoms with Crippen molar-refractivity contribution in [3.8, 4) is 5.75 Å². The number of rotatable bonds is 4. The summed E-state index contributed by atoms with van der Waals surface area (Å²) in [5, 5.41) is 9.55. The van der Waals surface area contributed by atoms with Crippen molar-refractivity contribution in [1.82, 2.24) is 10.9 Å². The van der Waals surface area contributed by atoms with Gasteiger partial charge in [-0.3, -0.25) is 15.6 Å². The molecule has 0 heterocycles. The minimum absolute atomic E-state index is 0.0171. The molecule has 1 aromatic carbocycles. The van der Waals surface area contributed by atoms with E-state index in [1.807, 2.05) is 0 Å². The SMILES string of the molecule is C=C(NNC(=O)C1CC1)c1ccccc1O. The molecule has 0 unspecified atom stereocenters. The van der Waals surface area contributed by atoms with Gasteiger partial charge in [-0.15, -0.1) is 0 Å². The smallest absolute Gasteiger partial charge is 0.241 e. The molecular formula is C12H14N2O2. The van der Waals surface area contributed by atoms with Crippen molar-refractivity contribution in [2.75, 3.05) is 0 Å². The highest BCUT2D eigenvalue weighted by Crippen LogP contribution is 2.28. The lowest BCUT2D eigenvalue weighted by Gasteiger charge is -2.11. The number of nitrogens with one attached hydrogen (secondary N) is 2. The van der Waals surface area contributed by atoms with Gasteiger partial charge in [0.05, 0.1) is 5.70 Å². The van der Waals surface area contributed by atoms with Crippen LogP contribution < -0.4 is 10.9 Å². The van der Waals surface area contributed by atoms with Crippen molar-refractivity contribution >= 4 is 11.6 Å². The summed E-state index contributed by atoms with van der Waals surface area (Å²) in [4.78, 5) is 11.3. The summed E-state index contributed by atoms with van der Waals surface area (Å²) < 4.78 is 0. The number of benzene rings is 1. The van der Waals surface area contributed by atoms with Gasteiger partial charge in [-0.2, -0.15) is 0 Å². The Kier molecular flexibility index (Phi) is 2.81. The Balaban J connectivity index is 1.92. The molecule has 0 spiro atoms. The molecule has 1 aromatic rings. The van der Waals surface area contributed by atoms with Crippen molar-refractivity contribution in [3.63, 3.8) is 0 Å². The van der Waals surface area contributed by atoms with Crippen LogP contribution >= 0.6 is 0 Å². The molecule has 0 bridgehead atoms. The number of amides is 1. The fourth-order valence-corrected chi connectivity index (χ4v) is 1.38. The van der Waals surface area contributed by atoms with E-state index >= 15 is 0 Å². The average molecular weight is 218 g/mol. The standard InChI is InChI=1S/C12H14N2O2/c1-8(10-4-2-3-5-11(10)15)13-14-12(16)9-6-7-9/h2-5,9,13,15H,1,6-7H2,(H,14,16). The maximum absolute atomic E-state index is 11.3. The van der Waals surface area contributed by atoms with Crippen molar-refractivity contribution in [3.05, 3.63) is 36.4 Å². The van der Waals surface area contributed by atoms with Gasteiger partial charge in [0.1, 0.15) is 5.75 Å². The minimum atomic E-state index is -0.0171. The maximum atomic E-state index is 11.3. The van der Waals surface area contributed by atoms with E-state index in [2.05, 4.69) is 17.4 Å². The molecule has 0 saturated heterocycles. The number of hydrogen-bond acceptors (Lipinski definition) is 3. The van der Waals surface area contributed by atoms with Gasteiger partial charge >= 0.3 is 0 Å². The van der Waals surface area contributed by atoms with E-state index in [9.17, 15) is 9.90 Å². The molecule has 2 rings (SSSR count). The van der Waals surface area contributed by atoms with Gasteiger partial charge < -0.3 is 5.11 Å². The van der Waals surface area contributed by atoms with Crippen molar-refractivity contribution in [2.24, 2.45) is 5.92 Å². The highest BCUT2D eigenvalue weighted by molar-refractivity contribution is 5.81. The van der Waals surface area contributed by atoms with Crippen LogP contribution in [0.25, 0.3) is 5.70 Å². The molecule has 3 N–H and O–H groups in total. The van der Waals surface area contributed by atoms with Crippen LogP contribution in [0.5, 0.6) is 5.75 Å². The van der Waals surface area contributed by atoms with Crippen molar-refractivity contribution in [1.29, 1.82) is 0 Å². The number of aromatic hydroxyl groups is 1. The Morgan fingerprint density at radius 2 is 2.00 bits per heavy atom. The van der Waals surface area contributed by atoms with Crippen LogP contribution in [-0.4, -0.2) is 11.0 Å². The number of para-hydroxylation sites is 1. The Morgan fingerprint density at radius 1 is 1.31 bits per heavy atom. The van der Waals surface area contributed by atoms with Crippen LogP contribution in [0.2, 0.25) is 0 Å². The number of carbonyl (C=O) groups is 1. The molecule has 4 nitrogen and oxygen atoms in total. The van der Waals surface area contributed by atoms with Gasteiger partial charge in [0.25, 0.3) is 0 Å². The Labute approximate surface area is 94.0 Å². The zero-order valence-electron chi connectivity index (χ0n) is 8.86. The highest BCUT2D eigenvalue weighted by atomic mass is 16.3. The summed E-state index contributed by atoms with van der Waals surface area (Å²) in [5.74, 6) is 0.266. The van der Waals surface area contributed by atoms with Crippen LogP contribution in [0.4, 0.5) is 0 Å². The van der Waals surface area contributed by atoms with Gasteiger partial charge in [-0.1, -0.05) is 18.7 Å². The molecule has 1 aliphatic rings. The lowest BCUT2D eigenvalue weighted by molar-refractivity contribution is -0.122. The van der Waals surface area contributed by atoms with Gasteiger partial charge in [-0.25, -0.2) is 0 Å². The lowest BCUT2D eigenvalue weighted by atomic mass is 10.1. The Hall–Kier alpha value is -1.97. The molecule has 16 heavy (non-hydrogen) atoms. The van der Waals surface area contributed by atoms with Crippen LogP contribution in [0.1, 0.15) is 18.4 Å². The van der Waals surface area contributed by atoms with E-state index in [4.69, 9.17) is 0 Å². The fraction of sp³-hybridized carbons (Fsp3) is 0.250. The Bertz CT molecular complexity index is 425. The second kappa shape index (κ2) is 4.26. The largest absolute Gasteiger partial charge is 0.507 e. The molecule has 1 aliphatic carbocycles. The summed E-state index contributed by atoms with van der Waals surface area (Å²) in [5.41, 5.74) is 6.34. The predicted octanol–water partition coefficient (Wildman–Crippen LogP) is 1.39. The quantitative estimate of drug-likeness (QED) is 0.669. The summed E-state index contributed by atoms with van der Waals surface area (Å²) in [6.07, 6.45) is 1.91.